The minimum Gasteiger partial charge on any atom is -0.339 e. The highest BCUT2D eigenvalue weighted by molar-refractivity contribution is 7.89. The van der Waals surface area contributed by atoms with Crippen molar-refractivity contribution in [1.29, 1.82) is 0 Å². The predicted molar refractivity (Wildman–Crippen MR) is 141 cm³/mol. The van der Waals surface area contributed by atoms with Crippen LogP contribution < -0.4 is 5.32 Å². The van der Waals surface area contributed by atoms with Crippen molar-refractivity contribution in [3.63, 3.8) is 0 Å². The van der Waals surface area contributed by atoms with Gasteiger partial charge in [0.05, 0.1) is 11.4 Å². The summed E-state index contributed by atoms with van der Waals surface area (Å²) in [7, 11) is -3.89. The molecule has 0 aliphatic heterocycles. The molecule has 1 heterocycles. The second kappa shape index (κ2) is 11.5. The van der Waals surface area contributed by atoms with Crippen LogP contribution in [-0.4, -0.2) is 35.3 Å². The average molecular weight is 519 g/mol. The van der Waals surface area contributed by atoms with Crippen molar-refractivity contribution in [1.82, 2.24) is 14.4 Å². The van der Waals surface area contributed by atoms with Gasteiger partial charge < -0.3 is 9.84 Å². The molecule has 9 heteroatoms. The van der Waals surface area contributed by atoms with Crippen molar-refractivity contribution >= 4 is 21.6 Å². The van der Waals surface area contributed by atoms with E-state index in [0.717, 1.165) is 16.7 Å². The SMILES string of the molecule is Cc1ccc(CN(CC(=O)Nc2ccc(Cc3noc(C(C)C)n3)cc2)S(=O)(=O)c2ccccc2)cc1. The van der Waals surface area contributed by atoms with Crippen molar-refractivity contribution in [3.8, 4) is 0 Å². The lowest BCUT2D eigenvalue weighted by Crippen LogP contribution is -2.37. The van der Waals surface area contributed by atoms with Gasteiger partial charge in [-0.1, -0.05) is 79.2 Å². The Hall–Kier alpha value is -3.82. The van der Waals surface area contributed by atoms with Crippen molar-refractivity contribution in [2.45, 2.75) is 44.6 Å². The van der Waals surface area contributed by atoms with Gasteiger partial charge >= 0.3 is 0 Å². The topological polar surface area (TPSA) is 105 Å². The van der Waals surface area contributed by atoms with Gasteiger partial charge in [0.15, 0.2) is 5.82 Å². The number of nitrogens with one attached hydrogen (secondary N) is 1. The Morgan fingerprint density at radius 1 is 0.946 bits per heavy atom. The van der Waals surface area contributed by atoms with E-state index in [1.54, 1.807) is 30.3 Å². The fourth-order valence-electron chi connectivity index (χ4n) is 3.69. The first-order valence-electron chi connectivity index (χ1n) is 12.0. The molecule has 1 N–H and O–H groups in total. The molecular formula is C28H30N4O4S. The molecule has 0 atom stereocenters. The van der Waals surface area contributed by atoms with Crippen LogP contribution in [0.5, 0.6) is 0 Å². The zero-order valence-electron chi connectivity index (χ0n) is 21.1. The lowest BCUT2D eigenvalue weighted by atomic mass is 10.1. The number of hydrogen-bond acceptors (Lipinski definition) is 6. The number of carbonyl (C=O) groups excluding carboxylic acids is 1. The first-order chi connectivity index (χ1) is 17.7. The second-order valence-corrected chi connectivity index (χ2v) is 11.1. The molecule has 0 radical (unpaired) electrons. The van der Waals surface area contributed by atoms with Crippen LogP contribution in [-0.2, 0) is 27.8 Å². The van der Waals surface area contributed by atoms with Crippen LogP contribution in [0, 0.1) is 6.92 Å². The monoisotopic (exact) mass is 518 g/mol. The van der Waals surface area contributed by atoms with E-state index in [2.05, 4.69) is 15.5 Å². The van der Waals surface area contributed by atoms with Crippen LogP contribution >= 0.6 is 0 Å². The third-order valence-electron chi connectivity index (χ3n) is 5.76. The van der Waals surface area contributed by atoms with E-state index in [1.807, 2.05) is 57.2 Å². The third kappa shape index (κ3) is 6.90. The Balaban J connectivity index is 1.45. The summed E-state index contributed by atoms with van der Waals surface area (Å²) < 4.78 is 33.2. The standard InChI is InChI=1S/C28H30N4O4S/c1-20(2)28-30-26(31-36-28)17-22-13-15-24(16-14-22)29-27(33)19-32(18-23-11-9-21(3)10-12-23)37(34,35)25-7-5-4-6-8-25/h4-16,20H,17-19H2,1-3H3,(H,29,33). The second-order valence-electron chi connectivity index (χ2n) is 9.20. The lowest BCUT2D eigenvalue weighted by molar-refractivity contribution is -0.116. The van der Waals surface area contributed by atoms with E-state index in [9.17, 15) is 13.2 Å². The van der Waals surface area contributed by atoms with Gasteiger partial charge in [0.2, 0.25) is 21.8 Å². The van der Waals surface area contributed by atoms with Crippen molar-refractivity contribution in [2.24, 2.45) is 0 Å². The highest BCUT2D eigenvalue weighted by atomic mass is 32.2. The molecule has 1 aromatic heterocycles. The molecule has 1 amide bonds. The maximum absolute atomic E-state index is 13.4. The summed E-state index contributed by atoms with van der Waals surface area (Å²) in [5, 5.41) is 6.81. The number of carbonyl (C=O) groups is 1. The van der Waals surface area contributed by atoms with Gasteiger partial charge in [-0.3, -0.25) is 4.79 Å². The number of aryl methyl sites for hydroxylation is 1. The maximum Gasteiger partial charge on any atom is 0.243 e. The first kappa shape index (κ1) is 26.2. The van der Waals surface area contributed by atoms with Gasteiger partial charge in [0, 0.05) is 24.6 Å². The molecule has 0 unspecified atom stereocenters. The van der Waals surface area contributed by atoms with E-state index in [4.69, 9.17) is 4.52 Å². The molecule has 4 aromatic rings. The zero-order valence-corrected chi connectivity index (χ0v) is 21.9. The van der Waals surface area contributed by atoms with Crippen molar-refractivity contribution in [3.05, 3.63) is 107 Å². The van der Waals surface area contributed by atoms with Crippen LogP contribution in [0.2, 0.25) is 0 Å². The Morgan fingerprint density at radius 3 is 2.22 bits per heavy atom. The summed E-state index contributed by atoms with van der Waals surface area (Å²) in [5.74, 6) is 0.923. The van der Waals surface area contributed by atoms with E-state index >= 15 is 0 Å². The lowest BCUT2D eigenvalue weighted by Gasteiger charge is -2.22. The number of nitrogens with zero attached hydrogens (tertiary/aromatic N) is 3. The Bertz CT molecular complexity index is 1430. The molecule has 0 saturated carbocycles. The Morgan fingerprint density at radius 2 is 1.59 bits per heavy atom. The Kier molecular flexibility index (Phi) is 8.15. The molecule has 3 aromatic carbocycles. The quantitative estimate of drug-likeness (QED) is 0.319. The normalized spacial score (nSPS) is 11.7. The van der Waals surface area contributed by atoms with Crippen LogP contribution in [0.3, 0.4) is 0 Å². The molecule has 0 spiro atoms. The molecule has 0 bridgehead atoms. The highest BCUT2D eigenvalue weighted by Gasteiger charge is 2.27. The smallest absolute Gasteiger partial charge is 0.243 e. The van der Waals surface area contributed by atoms with E-state index in [1.165, 1.54) is 16.4 Å². The number of sulfonamides is 1. The van der Waals surface area contributed by atoms with Crippen molar-refractivity contribution in [2.75, 3.05) is 11.9 Å². The Labute approximate surface area is 217 Å². The number of rotatable bonds is 10. The van der Waals surface area contributed by atoms with Gasteiger partial charge in [-0.15, -0.1) is 0 Å². The fraction of sp³-hybridized carbons (Fsp3) is 0.250. The number of amides is 1. The summed E-state index contributed by atoms with van der Waals surface area (Å²) in [6, 6.07) is 23.0. The van der Waals surface area contributed by atoms with Gasteiger partial charge in [-0.2, -0.15) is 9.29 Å². The van der Waals surface area contributed by atoms with Crippen LogP contribution in [0.1, 0.15) is 48.2 Å². The molecule has 0 saturated heterocycles. The number of aromatic nitrogens is 2. The van der Waals surface area contributed by atoms with Crippen LogP contribution in [0.25, 0.3) is 0 Å². The predicted octanol–water partition coefficient (Wildman–Crippen LogP) is 4.92. The van der Waals surface area contributed by atoms with Gasteiger partial charge in [0.25, 0.3) is 0 Å². The van der Waals surface area contributed by atoms with Crippen LogP contribution in [0.4, 0.5) is 5.69 Å². The summed E-state index contributed by atoms with van der Waals surface area (Å²) in [6.45, 7) is 5.69. The molecule has 0 fully saturated rings. The van der Waals surface area contributed by atoms with Gasteiger partial charge in [0.1, 0.15) is 0 Å². The third-order valence-corrected chi connectivity index (χ3v) is 7.56. The van der Waals surface area contributed by atoms with Crippen molar-refractivity contribution < 1.29 is 17.7 Å². The number of benzene rings is 3. The number of anilines is 1. The highest BCUT2D eigenvalue weighted by Crippen LogP contribution is 2.20. The largest absolute Gasteiger partial charge is 0.339 e. The summed E-state index contributed by atoms with van der Waals surface area (Å²) in [6.07, 6.45) is 0.504. The average Bonchev–Trinajstić information content (AvgIpc) is 3.35. The summed E-state index contributed by atoms with van der Waals surface area (Å²) in [5.41, 5.74) is 3.39. The number of hydrogen-bond donors (Lipinski definition) is 1. The summed E-state index contributed by atoms with van der Waals surface area (Å²) in [4.78, 5) is 17.5. The van der Waals surface area contributed by atoms with Gasteiger partial charge in [-0.25, -0.2) is 8.42 Å². The minimum absolute atomic E-state index is 0.0763. The minimum atomic E-state index is -3.89. The van der Waals surface area contributed by atoms with E-state index in [0.29, 0.717) is 23.8 Å². The molecule has 0 aliphatic carbocycles. The molecule has 37 heavy (non-hydrogen) atoms. The molecule has 8 nitrogen and oxygen atoms in total. The zero-order chi connectivity index (χ0) is 26.4. The molecular weight excluding hydrogens is 488 g/mol. The van der Waals surface area contributed by atoms with E-state index in [-0.39, 0.29) is 23.9 Å². The van der Waals surface area contributed by atoms with E-state index < -0.39 is 15.9 Å². The first-order valence-corrected chi connectivity index (χ1v) is 13.5. The van der Waals surface area contributed by atoms with Gasteiger partial charge in [-0.05, 0) is 42.3 Å². The molecule has 4 rings (SSSR count). The molecule has 192 valence electrons. The maximum atomic E-state index is 13.4. The summed E-state index contributed by atoms with van der Waals surface area (Å²) >= 11 is 0. The molecule has 0 aliphatic rings. The fourth-order valence-corrected chi connectivity index (χ4v) is 5.09. The van der Waals surface area contributed by atoms with Crippen LogP contribution in [0.15, 0.2) is 88.3 Å².